The second-order valence-electron chi connectivity index (χ2n) is 5.43. The third-order valence-corrected chi connectivity index (χ3v) is 4.15. The molecule has 0 bridgehead atoms. The van der Waals surface area contributed by atoms with E-state index < -0.39 is 4.92 Å². The fraction of sp³-hybridized carbons (Fsp3) is 0.600. The van der Waals surface area contributed by atoms with Gasteiger partial charge in [-0.2, -0.15) is 0 Å². The Labute approximate surface area is 135 Å². The van der Waals surface area contributed by atoms with Crippen LogP contribution in [-0.2, 0) is 4.79 Å². The highest BCUT2D eigenvalue weighted by atomic mass is 16.6. The Morgan fingerprint density at radius 3 is 2.35 bits per heavy atom. The molecule has 0 radical (unpaired) electrons. The highest BCUT2D eigenvalue weighted by Gasteiger charge is 2.26. The van der Waals surface area contributed by atoms with Crippen LogP contribution in [0.2, 0.25) is 0 Å². The predicted octanol–water partition coefficient (Wildman–Crippen LogP) is 1.50. The van der Waals surface area contributed by atoms with E-state index in [9.17, 15) is 14.9 Å². The largest absolute Gasteiger partial charge is 0.357 e. The first-order valence-corrected chi connectivity index (χ1v) is 7.88. The number of aromatic nitrogens is 1. The van der Waals surface area contributed by atoms with E-state index in [2.05, 4.69) is 9.88 Å². The lowest BCUT2D eigenvalue weighted by Crippen LogP contribution is -2.48. The summed E-state index contributed by atoms with van der Waals surface area (Å²) in [7, 11) is 0. The topological polar surface area (TPSA) is 82.8 Å². The molecular formula is C15H23N5O3. The number of pyridine rings is 1. The molecule has 8 nitrogen and oxygen atoms in total. The summed E-state index contributed by atoms with van der Waals surface area (Å²) in [6, 6.07) is 3.22. The summed E-state index contributed by atoms with van der Waals surface area (Å²) in [6.45, 7) is 9.39. The molecule has 1 amide bonds. The van der Waals surface area contributed by atoms with Gasteiger partial charge < -0.3 is 14.7 Å². The van der Waals surface area contributed by atoms with Crippen LogP contribution in [0.3, 0.4) is 0 Å². The zero-order chi connectivity index (χ0) is 17.0. The summed E-state index contributed by atoms with van der Waals surface area (Å²) in [6.07, 6.45) is 0. The second kappa shape index (κ2) is 7.26. The Morgan fingerprint density at radius 1 is 1.26 bits per heavy atom. The van der Waals surface area contributed by atoms with E-state index in [0.29, 0.717) is 32.0 Å². The van der Waals surface area contributed by atoms with Crippen LogP contribution >= 0.6 is 0 Å². The maximum Gasteiger partial charge on any atom is 0.311 e. The molecule has 0 saturated carbocycles. The number of nitro groups is 1. The van der Waals surface area contributed by atoms with Crippen LogP contribution < -0.4 is 9.80 Å². The molecular weight excluding hydrogens is 298 g/mol. The fourth-order valence-corrected chi connectivity index (χ4v) is 2.76. The predicted molar refractivity (Wildman–Crippen MR) is 88.9 cm³/mol. The molecule has 126 valence electrons. The Balaban J connectivity index is 2.29. The lowest BCUT2D eigenvalue weighted by molar-refractivity contribution is -0.384. The van der Waals surface area contributed by atoms with Gasteiger partial charge in [0.15, 0.2) is 0 Å². The first-order chi connectivity index (χ1) is 11.0. The highest BCUT2D eigenvalue weighted by Crippen LogP contribution is 2.29. The van der Waals surface area contributed by atoms with Crippen molar-refractivity contribution in [2.45, 2.75) is 20.8 Å². The molecule has 0 aliphatic carbocycles. The van der Waals surface area contributed by atoms with E-state index in [4.69, 9.17) is 0 Å². The number of hydrogen-bond acceptors (Lipinski definition) is 6. The average Bonchev–Trinajstić information content (AvgIpc) is 2.55. The SMILES string of the molecule is CCN(CC)c1ccc([N+](=O)[O-])c(N2CCN(C(C)=O)CC2)n1. The Hall–Kier alpha value is -2.38. The van der Waals surface area contributed by atoms with Crippen LogP contribution in [0.25, 0.3) is 0 Å². The molecule has 1 aromatic rings. The zero-order valence-corrected chi connectivity index (χ0v) is 13.9. The minimum atomic E-state index is -0.397. The molecule has 2 rings (SSSR count). The number of rotatable bonds is 5. The van der Waals surface area contributed by atoms with E-state index in [1.54, 1.807) is 11.0 Å². The number of hydrogen-bond donors (Lipinski definition) is 0. The van der Waals surface area contributed by atoms with Gasteiger partial charge in [-0.15, -0.1) is 0 Å². The molecule has 1 saturated heterocycles. The monoisotopic (exact) mass is 321 g/mol. The highest BCUT2D eigenvalue weighted by molar-refractivity contribution is 5.73. The van der Waals surface area contributed by atoms with Crippen LogP contribution in [0.4, 0.5) is 17.3 Å². The van der Waals surface area contributed by atoms with Crippen LogP contribution in [0, 0.1) is 10.1 Å². The maximum absolute atomic E-state index is 11.4. The standard InChI is InChI=1S/C15H23N5O3/c1-4-17(5-2)14-7-6-13(20(22)23)15(16-14)19-10-8-18(9-11-19)12(3)21/h6-7H,4-5,8-11H2,1-3H3. The molecule has 2 heterocycles. The summed E-state index contributed by atoms with van der Waals surface area (Å²) < 4.78 is 0. The number of carbonyl (C=O) groups is 1. The summed E-state index contributed by atoms with van der Waals surface area (Å²) in [5, 5.41) is 11.3. The molecule has 1 aliphatic rings. The normalized spacial score (nSPS) is 14.7. The van der Waals surface area contributed by atoms with Crippen molar-refractivity contribution < 1.29 is 9.72 Å². The van der Waals surface area contributed by atoms with Crippen molar-refractivity contribution in [2.75, 3.05) is 49.1 Å². The van der Waals surface area contributed by atoms with Gasteiger partial charge in [-0.05, 0) is 19.9 Å². The maximum atomic E-state index is 11.4. The van der Waals surface area contributed by atoms with Gasteiger partial charge in [0.25, 0.3) is 0 Å². The second-order valence-corrected chi connectivity index (χ2v) is 5.43. The Morgan fingerprint density at radius 2 is 1.87 bits per heavy atom. The van der Waals surface area contributed by atoms with E-state index in [1.165, 1.54) is 13.0 Å². The molecule has 0 aromatic carbocycles. The van der Waals surface area contributed by atoms with Gasteiger partial charge in [0.2, 0.25) is 11.7 Å². The van der Waals surface area contributed by atoms with Crippen molar-refractivity contribution in [3.8, 4) is 0 Å². The van der Waals surface area contributed by atoms with E-state index in [-0.39, 0.29) is 11.6 Å². The lowest BCUT2D eigenvalue weighted by Gasteiger charge is -2.35. The quantitative estimate of drug-likeness (QED) is 0.604. The number of piperazine rings is 1. The third kappa shape index (κ3) is 3.69. The summed E-state index contributed by atoms with van der Waals surface area (Å²) in [4.78, 5) is 32.6. The van der Waals surface area contributed by atoms with Crippen LogP contribution in [0.5, 0.6) is 0 Å². The van der Waals surface area contributed by atoms with Crippen molar-refractivity contribution >= 4 is 23.2 Å². The van der Waals surface area contributed by atoms with Gasteiger partial charge in [0.1, 0.15) is 5.82 Å². The van der Waals surface area contributed by atoms with E-state index in [0.717, 1.165) is 18.9 Å². The minimum Gasteiger partial charge on any atom is -0.357 e. The smallest absolute Gasteiger partial charge is 0.311 e. The van der Waals surface area contributed by atoms with Crippen molar-refractivity contribution in [1.82, 2.24) is 9.88 Å². The van der Waals surface area contributed by atoms with Crippen LogP contribution in [0.1, 0.15) is 20.8 Å². The average molecular weight is 321 g/mol. The van der Waals surface area contributed by atoms with Crippen molar-refractivity contribution in [2.24, 2.45) is 0 Å². The zero-order valence-electron chi connectivity index (χ0n) is 13.9. The molecule has 23 heavy (non-hydrogen) atoms. The number of nitrogens with zero attached hydrogens (tertiary/aromatic N) is 5. The summed E-state index contributed by atoms with van der Waals surface area (Å²) in [5.41, 5.74) is 0.0113. The van der Waals surface area contributed by atoms with Gasteiger partial charge in [-0.3, -0.25) is 14.9 Å². The minimum absolute atomic E-state index is 0.0113. The van der Waals surface area contributed by atoms with Gasteiger partial charge in [-0.1, -0.05) is 0 Å². The molecule has 1 aliphatic heterocycles. The molecule has 0 N–H and O–H groups in total. The molecule has 1 fully saturated rings. The van der Waals surface area contributed by atoms with Crippen molar-refractivity contribution in [1.29, 1.82) is 0 Å². The first kappa shape index (κ1) is 17.0. The summed E-state index contributed by atoms with van der Waals surface area (Å²) in [5.74, 6) is 1.16. The fourth-order valence-electron chi connectivity index (χ4n) is 2.76. The molecule has 8 heteroatoms. The van der Waals surface area contributed by atoms with Gasteiger partial charge in [0, 0.05) is 52.3 Å². The Bertz CT molecular complexity index is 580. The van der Waals surface area contributed by atoms with Crippen molar-refractivity contribution in [3.63, 3.8) is 0 Å². The first-order valence-electron chi connectivity index (χ1n) is 7.88. The van der Waals surface area contributed by atoms with Crippen LogP contribution in [0.15, 0.2) is 12.1 Å². The van der Waals surface area contributed by atoms with Gasteiger partial charge in [-0.25, -0.2) is 4.98 Å². The number of anilines is 2. The lowest BCUT2D eigenvalue weighted by atomic mass is 10.2. The van der Waals surface area contributed by atoms with Crippen LogP contribution in [-0.4, -0.2) is 60.0 Å². The molecule has 0 unspecified atom stereocenters. The van der Waals surface area contributed by atoms with Gasteiger partial charge >= 0.3 is 5.69 Å². The number of amides is 1. The molecule has 0 atom stereocenters. The third-order valence-electron chi connectivity index (χ3n) is 4.15. The number of carbonyl (C=O) groups excluding carboxylic acids is 1. The Kier molecular flexibility index (Phi) is 5.36. The van der Waals surface area contributed by atoms with E-state index >= 15 is 0 Å². The van der Waals surface area contributed by atoms with E-state index in [1.807, 2.05) is 18.7 Å². The summed E-state index contributed by atoms with van der Waals surface area (Å²) >= 11 is 0. The molecule has 0 spiro atoms. The van der Waals surface area contributed by atoms with Crippen molar-refractivity contribution in [3.05, 3.63) is 22.2 Å². The van der Waals surface area contributed by atoms with Gasteiger partial charge in [0.05, 0.1) is 4.92 Å². The molecule has 1 aromatic heterocycles.